The van der Waals surface area contributed by atoms with Crippen molar-refractivity contribution in [2.75, 3.05) is 27.8 Å². The molecule has 1 saturated carbocycles. The first kappa shape index (κ1) is 26.1. The van der Waals surface area contributed by atoms with Crippen LogP contribution in [0.4, 0.5) is 17.1 Å². The van der Waals surface area contributed by atoms with Crippen LogP contribution in [0.15, 0.2) is 72.8 Å². The van der Waals surface area contributed by atoms with Crippen molar-refractivity contribution in [3.8, 4) is 0 Å². The third kappa shape index (κ3) is 3.80. The molecule has 1 aliphatic carbocycles. The Labute approximate surface area is 244 Å². The second-order valence-electron chi connectivity index (χ2n) is 11.2. The number of imide groups is 2. The molecule has 7 rings (SSSR count). The van der Waals surface area contributed by atoms with E-state index in [1.54, 1.807) is 36.4 Å². The van der Waals surface area contributed by atoms with Crippen LogP contribution in [-0.4, -0.2) is 36.7 Å². The molecule has 42 heavy (non-hydrogen) atoms. The van der Waals surface area contributed by atoms with Crippen molar-refractivity contribution in [1.29, 1.82) is 0 Å². The first-order chi connectivity index (χ1) is 20.4. The summed E-state index contributed by atoms with van der Waals surface area (Å²) in [5.74, 6) is -1.34. The van der Waals surface area contributed by atoms with Gasteiger partial charge in [0.15, 0.2) is 0 Å². The maximum absolute atomic E-state index is 13.8. The number of rotatable bonds is 6. The highest BCUT2D eigenvalue weighted by atomic mass is 16.2. The Bertz CT molecular complexity index is 1590. The van der Waals surface area contributed by atoms with Crippen LogP contribution in [0.3, 0.4) is 0 Å². The van der Waals surface area contributed by atoms with Crippen LogP contribution in [0.1, 0.15) is 92.4 Å². The van der Waals surface area contributed by atoms with E-state index < -0.39 is 23.6 Å². The van der Waals surface area contributed by atoms with E-state index >= 15 is 0 Å². The number of benzene rings is 4. The van der Waals surface area contributed by atoms with E-state index in [2.05, 4.69) is 18.7 Å². The van der Waals surface area contributed by atoms with Crippen LogP contribution >= 0.6 is 0 Å². The van der Waals surface area contributed by atoms with Crippen molar-refractivity contribution in [1.82, 2.24) is 0 Å². The number of hydrogen-bond acceptors (Lipinski definition) is 5. The Hall–Kier alpha value is -4.78. The Morgan fingerprint density at radius 1 is 0.571 bits per heavy atom. The van der Waals surface area contributed by atoms with E-state index in [0.717, 1.165) is 31.6 Å². The molecular weight excluding hydrogens is 526 g/mol. The Balaban J connectivity index is 1.27. The van der Waals surface area contributed by atoms with Gasteiger partial charge in [-0.05, 0) is 98.8 Å². The van der Waals surface area contributed by atoms with Gasteiger partial charge in [0.05, 0.1) is 11.4 Å². The summed E-state index contributed by atoms with van der Waals surface area (Å²) in [4.78, 5) is 59.7. The zero-order valence-electron chi connectivity index (χ0n) is 23.7. The number of hydrogen-bond donors (Lipinski definition) is 0. The molecule has 0 bridgehead atoms. The summed E-state index contributed by atoms with van der Waals surface area (Å²) >= 11 is 0. The quantitative estimate of drug-likeness (QED) is 0.240. The SMILES string of the molecule is CCN(CC)c1ccc(N2C(=O)c3ccc4c5c(ccc(c35)C2=O)C(=O)N(c2ccc(C3CCCC3)cc2)C4=O)cc1. The topological polar surface area (TPSA) is 78.0 Å². The molecule has 0 atom stereocenters. The number of amides is 4. The van der Waals surface area contributed by atoms with Crippen molar-refractivity contribution >= 4 is 51.5 Å². The smallest absolute Gasteiger partial charge is 0.265 e. The van der Waals surface area contributed by atoms with E-state index in [9.17, 15) is 19.2 Å². The van der Waals surface area contributed by atoms with Gasteiger partial charge in [-0.1, -0.05) is 25.0 Å². The molecule has 0 unspecified atom stereocenters. The Morgan fingerprint density at radius 3 is 1.33 bits per heavy atom. The van der Waals surface area contributed by atoms with Gasteiger partial charge in [-0.2, -0.15) is 0 Å². The number of carbonyl (C=O) groups excluding carboxylic acids is 4. The fourth-order valence-corrected chi connectivity index (χ4v) is 6.90. The van der Waals surface area contributed by atoms with E-state index in [4.69, 9.17) is 0 Å². The lowest BCUT2D eigenvalue weighted by atomic mass is 9.85. The fraction of sp³-hybridized carbons (Fsp3) is 0.257. The van der Waals surface area contributed by atoms with E-state index in [1.807, 2.05) is 36.4 Å². The Kier molecular flexibility index (Phi) is 6.19. The number of anilines is 3. The molecule has 7 heteroatoms. The minimum atomic E-state index is -0.475. The third-order valence-corrected chi connectivity index (χ3v) is 9.11. The predicted octanol–water partition coefficient (Wildman–Crippen LogP) is 6.94. The van der Waals surface area contributed by atoms with Gasteiger partial charge < -0.3 is 4.90 Å². The molecule has 0 N–H and O–H groups in total. The first-order valence-corrected chi connectivity index (χ1v) is 14.7. The second kappa shape index (κ2) is 9.94. The van der Waals surface area contributed by atoms with Gasteiger partial charge >= 0.3 is 0 Å². The summed E-state index contributed by atoms with van der Waals surface area (Å²) in [6, 6.07) is 21.5. The van der Waals surface area contributed by atoms with Crippen molar-refractivity contribution in [3.63, 3.8) is 0 Å². The highest BCUT2D eigenvalue weighted by molar-refractivity contribution is 6.42. The van der Waals surface area contributed by atoms with Gasteiger partial charge in [-0.15, -0.1) is 0 Å². The van der Waals surface area contributed by atoms with Crippen molar-refractivity contribution in [2.45, 2.75) is 45.4 Å². The zero-order valence-corrected chi connectivity index (χ0v) is 23.7. The molecule has 4 amide bonds. The van der Waals surface area contributed by atoms with E-state index in [-0.39, 0.29) is 0 Å². The molecule has 1 fully saturated rings. The minimum absolute atomic E-state index is 0.299. The van der Waals surface area contributed by atoms with Crippen LogP contribution in [0.25, 0.3) is 10.8 Å². The standard InChI is InChI=1S/C35H31N3O4/c1-3-36(4-2)23-13-15-25(16-14-23)38-34(41)28-19-17-26-30-27(18-20-29(31(28)30)35(38)42)33(40)37(32(26)39)24-11-9-22(10-12-24)21-7-5-6-8-21/h9-21H,3-8H2,1-2H3. The van der Waals surface area contributed by atoms with Gasteiger partial charge in [-0.3, -0.25) is 19.2 Å². The van der Waals surface area contributed by atoms with Crippen molar-refractivity contribution in [2.24, 2.45) is 0 Å². The molecule has 7 nitrogen and oxygen atoms in total. The lowest BCUT2D eigenvalue weighted by Crippen LogP contribution is -2.43. The molecule has 0 radical (unpaired) electrons. The lowest BCUT2D eigenvalue weighted by Gasteiger charge is -2.32. The molecule has 4 aromatic rings. The van der Waals surface area contributed by atoms with Gasteiger partial charge in [0, 0.05) is 51.8 Å². The van der Waals surface area contributed by atoms with Crippen LogP contribution in [0, 0.1) is 0 Å². The van der Waals surface area contributed by atoms with Crippen LogP contribution in [0.5, 0.6) is 0 Å². The summed E-state index contributed by atoms with van der Waals surface area (Å²) in [6.45, 7) is 5.84. The second-order valence-corrected chi connectivity index (χ2v) is 11.2. The summed E-state index contributed by atoms with van der Waals surface area (Å²) in [6.07, 6.45) is 4.78. The molecule has 2 heterocycles. The average molecular weight is 558 g/mol. The van der Waals surface area contributed by atoms with Gasteiger partial charge in [-0.25, -0.2) is 9.80 Å². The molecule has 2 aliphatic heterocycles. The van der Waals surface area contributed by atoms with E-state index in [1.165, 1.54) is 28.2 Å². The third-order valence-electron chi connectivity index (χ3n) is 9.11. The highest BCUT2D eigenvalue weighted by Gasteiger charge is 2.40. The monoisotopic (exact) mass is 557 g/mol. The minimum Gasteiger partial charge on any atom is -0.372 e. The molecular formula is C35H31N3O4. The summed E-state index contributed by atoms with van der Waals surface area (Å²) in [7, 11) is 0. The van der Waals surface area contributed by atoms with Crippen molar-refractivity contribution in [3.05, 3.63) is 101 Å². The normalized spacial score (nSPS) is 16.6. The summed E-state index contributed by atoms with van der Waals surface area (Å²) in [5.41, 5.74) is 4.44. The van der Waals surface area contributed by atoms with Gasteiger partial charge in [0.2, 0.25) is 0 Å². The highest BCUT2D eigenvalue weighted by Crippen LogP contribution is 2.41. The maximum atomic E-state index is 13.8. The average Bonchev–Trinajstić information content (AvgIpc) is 3.56. The molecule has 4 aromatic carbocycles. The van der Waals surface area contributed by atoms with Crippen molar-refractivity contribution < 1.29 is 19.2 Å². The van der Waals surface area contributed by atoms with E-state index in [0.29, 0.717) is 50.3 Å². The van der Waals surface area contributed by atoms with Crippen LogP contribution in [-0.2, 0) is 0 Å². The maximum Gasteiger partial charge on any atom is 0.265 e. The van der Waals surface area contributed by atoms with Crippen LogP contribution in [0.2, 0.25) is 0 Å². The molecule has 210 valence electrons. The molecule has 0 saturated heterocycles. The molecule has 3 aliphatic rings. The largest absolute Gasteiger partial charge is 0.372 e. The predicted molar refractivity (Wildman–Crippen MR) is 164 cm³/mol. The number of nitrogens with zero attached hydrogens (tertiary/aromatic N) is 3. The van der Waals surface area contributed by atoms with Gasteiger partial charge in [0.25, 0.3) is 23.6 Å². The molecule has 0 aromatic heterocycles. The Morgan fingerprint density at radius 2 is 0.952 bits per heavy atom. The zero-order chi connectivity index (χ0) is 29.1. The van der Waals surface area contributed by atoms with Crippen LogP contribution < -0.4 is 14.7 Å². The summed E-state index contributed by atoms with van der Waals surface area (Å²) < 4.78 is 0. The lowest BCUT2D eigenvalue weighted by molar-refractivity contribution is 0.0873. The summed E-state index contributed by atoms with van der Waals surface area (Å²) in [5, 5.41) is 0.742. The van der Waals surface area contributed by atoms with Gasteiger partial charge in [0.1, 0.15) is 0 Å². The fourth-order valence-electron chi connectivity index (χ4n) is 6.90. The number of carbonyl (C=O) groups is 4. The first-order valence-electron chi connectivity index (χ1n) is 14.7. The molecule has 0 spiro atoms.